The number of nitrogens with one attached hydrogen (secondary N) is 1. The van der Waals surface area contributed by atoms with Crippen molar-refractivity contribution >= 4 is 5.82 Å². The topological polar surface area (TPSA) is 37.4 Å². The Bertz CT molecular complexity index is 366. The van der Waals surface area contributed by atoms with Gasteiger partial charge < -0.3 is 15.0 Å². The Morgan fingerprint density at radius 3 is 3.00 bits per heavy atom. The number of methoxy groups -OCH3 is 1. The first-order valence-corrected chi connectivity index (χ1v) is 6.75. The van der Waals surface area contributed by atoms with Crippen LogP contribution in [0.2, 0.25) is 0 Å². The van der Waals surface area contributed by atoms with Gasteiger partial charge in [-0.1, -0.05) is 0 Å². The van der Waals surface area contributed by atoms with Crippen molar-refractivity contribution < 1.29 is 4.74 Å². The van der Waals surface area contributed by atoms with E-state index in [-0.39, 0.29) is 0 Å². The fourth-order valence-electron chi connectivity index (χ4n) is 1.93. The van der Waals surface area contributed by atoms with Crippen LogP contribution in [0.15, 0.2) is 18.3 Å². The molecule has 100 valence electrons. The molecular formula is C14H23N3O. The van der Waals surface area contributed by atoms with Crippen LogP contribution in [0.3, 0.4) is 0 Å². The number of pyridine rings is 1. The molecule has 4 nitrogen and oxygen atoms in total. The van der Waals surface area contributed by atoms with Crippen LogP contribution < -0.4 is 10.2 Å². The minimum Gasteiger partial charge on any atom is -0.383 e. The van der Waals surface area contributed by atoms with E-state index in [1.807, 2.05) is 6.20 Å². The molecule has 0 saturated heterocycles. The molecule has 2 rings (SSSR count). The largest absolute Gasteiger partial charge is 0.383 e. The third kappa shape index (κ3) is 3.96. The van der Waals surface area contributed by atoms with E-state index in [1.54, 1.807) is 7.11 Å². The first-order chi connectivity index (χ1) is 8.83. The van der Waals surface area contributed by atoms with E-state index in [0.29, 0.717) is 0 Å². The Kier molecular flexibility index (Phi) is 4.96. The molecule has 18 heavy (non-hydrogen) atoms. The lowest BCUT2D eigenvalue weighted by atomic mass is 10.2. The maximum absolute atomic E-state index is 5.13. The molecule has 0 radical (unpaired) electrons. The molecule has 0 bridgehead atoms. The standard InChI is InChI=1S/C14H23N3O/c1-3-17(8-9-18-2)14-10-12(6-7-15-14)11-16-13-4-5-13/h6-7,10,13,16H,3-5,8-9,11H2,1-2H3. The zero-order chi connectivity index (χ0) is 12.8. The maximum atomic E-state index is 5.13. The molecule has 0 spiro atoms. The predicted octanol–water partition coefficient (Wildman–Crippen LogP) is 1.81. The van der Waals surface area contributed by atoms with Crippen molar-refractivity contribution in [2.45, 2.75) is 32.4 Å². The van der Waals surface area contributed by atoms with Crippen LogP contribution in [0.5, 0.6) is 0 Å². The lowest BCUT2D eigenvalue weighted by molar-refractivity contribution is 0.205. The molecule has 0 aliphatic heterocycles. The third-order valence-corrected chi connectivity index (χ3v) is 3.25. The Hall–Kier alpha value is -1.13. The fraction of sp³-hybridized carbons (Fsp3) is 0.643. The zero-order valence-electron chi connectivity index (χ0n) is 11.4. The molecule has 0 unspecified atom stereocenters. The van der Waals surface area contributed by atoms with Crippen LogP contribution in [0.1, 0.15) is 25.3 Å². The highest BCUT2D eigenvalue weighted by atomic mass is 16.5. The second-order valence-corrected chi connectivity index (χ2v) is 4.75. The van der Waals surface area contributed by atoms with Crippen molar-refractivity contribution in [2.75, 3.05) is 31.7 Å². The SMILES string of the molecule is CCN(CCOC)c1cc(CNC2CC2)ccn1. The Morgan fingerprint density at radius 1 is 1.50 bits per heavy atom. The molecule has 1 fully saturated rings. The second-order valence-electron chi connectivity index (χ2n) is 4.75. The van der Waals surface area contributed by atoms with Gasteiger partial charge in [-0.05, 0) is 37.5 Å². The molecule has 1 aromatic heterocycles. The molecule has 1 aliphatic carbocycles. The molecule has 0 atom stereocenters. The number of ether oxygens (including phenoxy) is 1. The molecule has 1 aromatic rings. The summed E-state index contributed by atoms with van der Waals surface area (Å²) in [6, 6.07) is 5.01. The van der Waals surface area contributed by atoms with Gasteiger partial charge >= 0.3 is 0 Å². The Morgan fingerprint density at radius 2 is 2.33 bits per heavy atom. The fourth-order valence-corrected chi connectivity index (χ4v) is 1.93. The normalized spacial score (nSPS) is 14.8. The number of rotatable bonds is 8. The highest BCUT2D eigenvalue weighted by Crippen LogP contribution is 2.20. The quantitative estimate of drug-likeness (QED) is 0.762. The Labute approximate surface area is 109 Å². The van der Waals surface area contributed by atoms with Gasteiger partial charge in [0, 0.05) is 39.0 Å². The van der Waals surface area contributed by atoms with Crippen LogP contribution in [-0.4, -0.2) is 37.8 Å². The van der Waals surface area contributed by atoms with E-state index in [2.05, 4.69) is 34.3 Å². The third-order valence-electron chi connectivity index (χ3n) is 3.25. The molecule has 1 heterocycles. The van der Waals surface area contributed by atoms with Gasteiger partial charge in [0.2, 0.25) is 0 Å². The summed E-state index contributed by atoms with van der Waals surface area (Å²) in [5.74, 6) is 1.05. The summed E-state index contributed by atoms with van der Waals surface area (Å²) in [4.78, 5) is 6.69. The van der Waals surface area contributed by atoms with Crippen LogP contribution >= 0.6 is 0 Å². The van der Waals surface area contributed by atoms with Gasteiger partial charge in [-0.2, -0.15) is 0 Å². The van der Waals surface area contributed by atoms with Crippen molar-refractivity contribution in [3.05, 3.63) is 23.9 Å². The van der Waals surface area contributed by atoms with E-state index in [4.69, 9.17) is 4.74 Å². The number of likely N-dealkylation sites (N-methyl/N-ethyl adjacent to an activating group) is 1. The van der Waals surface area contributed by atoms with Crippen molar-refractivity contribution in [3.8, 4) is 0 Å². The lowest BCUT2D eigenvalue weighted by Gasteiger charge is -2.22. The number of aromatic nitrogens is 1. The molecule has 0 amide bonds. The first-order valence-electron chi connectivity index (χ1n) is 6.75. The average molecular weight is 249 g/mol. The summed E-state index contributed by atoms with van der Waals surface area (Å²) in [6.45, 7) is 5.67. The highest BCUT2D eigenvalue weighted by molar-refractivity contribution is 5.40. The van der Waals surface area contributed by atoms with Gasteiger partial charge in [0.15, 0.2) is 0 Å². The first kappa shape index (κ1) is 13.3. The van der Waals surface area contributed by atoms with Gasteiger partial charge in [-0.25, -0.2) is 4.98 Å². The van der Waals surface area contributed by atoms with Gasteiger partial charge in [-0.15, -0.1) is 0 Å². The van der Waals surface area contributed by atoms with Gasteiger partial charge in [0.25, 0.3) is 0 Å². The highest BCUT2D eigenvalue weighted by Gasteiger charge is 2.20. The van der Waals surface area contributed by atoms with Crippen molar-refractivity contribution in [3.63, 3.8) is 0 Å². The summed E-state index contributed by atoms with van der Waals surface area (Å²) in [5.41, 5.74) is 1.31. The number of anilines is 1. The minimum absolute atomic E-state index is 0.736. The summed E-state index contributed by atoms with van der Waals surface area (Å²) < 4.78 is 5.13. The zero-order valence-corrected chi connectivity index (χ0v) is 11.4. The molecule has 1 N–H and O–H groups in total. The summed E-state index contributed by atoms with van der Waals surface area (Å²) in [7, 11) is 1.73. The maximum Gasteiger partial charge on any atom is 0.128 e. The van der Waals surface area contributed by atoms with Crippen molar-refractivity contribution in [1.82, 2.24) is 10.3 Å². The molecule has 1 saturated carbocycles. The van der Waals surface area contributed by atoms with Crippen molar-refractivity contribution in [2.24, 2.45) is 0 Å². The monoisotopic (exact) mass is 249 g/mol. The minimum atomic E-state index is 0.736. The summed E-state index contributed by atoms with van der Waals surface area (Å²) in [6.07, 6.45) is 4.55. The molecule has 0 aromatic carbocycles. The second kappa shape index (κ2) is 6.71. The number of hydrogen-bond donors (Lipinski definition) is 1. The molecule has 4 heteroatoms. The van der Waals surface area contributed by atoms with E-state index >= 15 is 0 Å². The van der Waals surface area contributed by atoms with Crippen LogP contribution in [0.4, 0.5) is 5.82 Å². The van der Waals surface area contributed by atoms with Crippen LogP contribution in [-0.2, 0) is 11.3 Å². The van der Waals surface area contributed by atoms with Crippen LogP contribution in [0.25, 0.3) is 0 Å². The number of nitrogens with zero attached hydrogens (tertiary/aromatic N) is 2. The smallest absolute Gasteiger partial charge is 0.128 e. The average Bonchev–Trinajstić information content (AvgIpc) is 3.22. The van der Waals surface area contributed by atoms with Gasteiger partial charge in [-0.3, -0.25) is 0 Å². The van der Waals surface area contributed by atoms with E-state index in [1.165, 1.54) is 18.4 Å². The summed E-state index contributed by atoms with van der Waals surface area (Å²) in [5, 5.41) is 3.53. The predicted molar refractivity (Wildman–Crippen MR) is 73.9 cm³/mol. The summed E-state index contributed by atoms with van der Waals surface area (Å²) >= 11 is 0. The van der Waals surface area contributed by atoms with E-state index in [0.717, 1.165) is 38.1 Å². The van der Waals surface area contributed by atoms with Crippen LogP contribution in [0, 0.1) is 0 Å². The van der Waals surface area contributed by atoms with E-state index < -0.39 is 0 Å². The van der Waals surface area contributed by atoms with Gasteiger partial charge in [0.05, 0.1) is 6.61 Å². The lowest BCUT2D eigenvalue weighted by Crippen LogP contribution is -2.27. The van der Waals surface area contributed by atoms with Gasteiger partial charge in [0.1, 0.15) is 5.82 Å². The molecular weight excluding hydrogens is 226 g/mol. The molecule has 1 aliphatic rings. The van der Waals surface area contributed by atoms with Crippen molar-refractivity contribution in [1.29, 1.82) is 0 Å². The van der Waals surface area contributed by atoms with E-state index in [9.17, 15) is 0 Å². The Balaban J connectivity index is 1.94. The number of hydrogen-bond acceptors (Lipinski definition) is 4.